The number of aryl methyl sites for hydroxylation is 1. The fourth-order valence-electron chi connectivity index (χ4n) is 2.34. The molecule has 3 rings (SSSR count). The predicted molar refractivity (Wildman–Crippen MR) is 47.0 cm³/mol. The summed E-state index contributed by atoms with van der Waals surface area (Å²) < 4.78 is 5.69. The number of benzene rings is 1. The highest BCUT2D eigenvalue weighted by molar-refractivity contribution is 5.39. The van der Waals surface area contributed by atoms with Gasteiger partial charge in [0.2, 0.25) is 0 Å². The van der Waals surface area contributed by atoms with Crippen molar-refractivity contribution in [3.8, 4) is 0 Å². The van der Waals surface area contributed by atoms with Crippen LogP contribution in [0.3, 0.4) is 0 Å². The second kappa shape index (κ2) is 1.91. The van der Waals surface area contributed by atoms with Crippen molar-refractivity contribution in [2.24, 2.45) is 0 Å². The zero-order chi connectivity index (χ0) is 8.18. The van der Waals surface area contributed by atoms with E-state index in [1.807, 2.05) is 0 Å². The normalized spacial score (nSPS) is 36.9. The molecule has 1 aliphatic carbocycles. The van der Waals surface area contributed by atoms with Crippen molar-refractivity contribution in [2.75, 3.05) is 0 Å². The zero-order valence-corrected chi connectivity index (χ0v) is 7.21. The van der Waals surface area contributed by atoms with Gasteiger partial charge >= 0.3 is 0 Å². The Hall–Kier alpha value is -0.820. The molecule has 0 amide bonds. The van der Waals surface area contributed by atoms with Crippen LogP contribution in [0, 0.1) is 0 Å². The Morgan fingerprint density at radius 1 is 1.42 bits per heavy atom. The molecule has 0 spiro atoms. The molecule has 1 heteroatoms. The summed E-state index contributed by atoms with van der Waals surface area (Å²) in [5, 5.41) is 0. The van der Waals surface area contributed by atoms with Gasteiger partial charge in [-0.1, -0.05) is 24.3 Å². The largest absolute Gasteiger partial charge is 0.361 e. The molecule has 1 saturated heterocycles. The summed E-state index contributed by atoms with van der Waals surface area (Å²) >= 11 is 0. The standard InChI is InChI=1S/C11H12O/c1-11-9-5-3-2-4-8(9)6-7-10(11)12-11/h2-5,10H,6-7H2,1H3/t10-,11+/m1/s1. The molecule has 0 saturated carbocycles. The Bertz CT molecular complexity index is 330. The number of ether oxygens (including phenoxy) is 1. The minimum atomic E-state index is 0.0782. The van der Waals surface area contributed by atoms with Crippen LogP contribution >= 0.6 is 0 Å². The molecular formula is C11H12O. The highest BCUT2D eigenvalue weighted by Crippen LogP contribution is 2.52. The molecular weight excluding hydrogens is 148 g/mol. The van der Waals surface area contributed by atoms with E-state index in [9.17, 15) is 0 Å². The molecule has 1 nitrogen and oxygen atoms in total. The third-order valence-corrected chi connectivity index (χ3v) is 3.17. The summed E-state index contributed by atoms with van der Waals surface area (Å²) in [6.07, 6.45) is 2.90. The first-order valence-electron chi connectivity index (χ1n) is 4.57. The molecule has 1 aromatic carbocycles. The Balaban J connectivity index is 2.19. The van der Waals surface area contributed by atoms with Crippen molar-refractivity contribution in [3.63, 3.8) is 0 Å². The van der Waals surface area contributed by atoms with E-state index in [-0.39, 0.29) is 5.60 Å². The molecule has 2 atom stereocenters. The predicted octanol–water partition coefficient (Wildman–Crippen LogP) is 2.25. The number of hydrogen-bond donors (Lipinski definition) is 0. The number of rotatable bonds is 0. The van der Waals surface area contributed by atoms with Crippen LogP contribution in [0.2, 0.25) is 0 Å². The third-order valence-electron chi connectivity index (χ3n) is 3.17. The van der Waals surface area contributed by atoms with E-state index in [0.29, 0.717) is 6.10 Å². The topological polar surface area (TPSA) is 12.5 Å². The fraction of sp³-hybridized carbons (Fsp3) is 0.455. The van der Waals surface area contributed by atoms with E-state index in [4.69, 9.17) is 4.74 Å². The maximum atomic E-state index is 5.69. The maximum absolute atomic E-state index is 5.69. The van der Waals surface area contributed by atoms with Gasteiger partial charge < -0.3 is 4.74 Å². The molecule has 1 heterocycles. The Kier molecular flexibility index (Phi) is 1.06. The average molecular weight is 160 g/mol. The van der Waals surface area contributed by atoms with E-state index in [2.05, 4.69) is 31.2 Å². The molecule has 1 aliphatic heterocycles. The quantitative estimate of drug-likeness (QED) is 0.530. The first-order chi connectivity index (χ1) is 5.81. The lowest BCUT2D eigenvalue weighted by atomic mass is 9.84. The van der Waals surface area contributed by atoms with Crippen molar-refractivity contribution >= 4 is 0 Å². The number of epoxide rings is 1. The van der Waals surface area contributed by atoms with Crippen molar-refractivity contribution in [1.29, 1.82) is 0 Å². The molecule has 0 bridgehead atoms. The SMILES string of the molecule is C[C@@]12O[C@@H]1CCc1ccccc12. The molecule has 12 heavy (non-hydrogen) atoms. The number of hydrogen-bond acceptors (Lipinski definition) is 1. The van der Waals surface area contributed by atoms with Gasteiger partial charge in [-0.15, -0.1) is 0 Å². The minimum Gasteiger partial charge on any atom is -0.361 e. The van der Waals surface area contributed by atoms with Gasteiger partial charge in [-0.3, -0.25) is 0 Å². The van der Waals surface area contributed by atoms with Crippen molar-refractivity contribution < 1.29 is 4.74 Å². The van der Waals surface area contributed by atoms with Gasteiger partial charge in [-0.05, 0) is 30.9 Å². The third kappa shape index (κ3) is 0.674. The van der Waals surface area contributed by atoms with Crippen LogP contribution in [0.25, 0.3) is 0 Å². The number of fused-ring (bicyclic) bond motifs is 3. The second-order valence-electron chi connectivity index (χ2n) is 3.91. The van der Waals surface area contributed by atoms with Gasteiger partial charge in [0.05, 0.1) is 6.10 Å². The van der Waals surface area contributed by atoms with E-state index >= 15 is 0 Å². The monoisotopic (exact) mass is 160 g/mol. The van der Waals surface area contributed by atoms with Crippen molar-refractivity contribution in [2.45, 2.75) is 31.5 Å². The van der Waals surface area contributed by atoms with Crippen molar-refractivity contribution in [3.05, 3.63) is 35.4 Å². The summed E-state index contributed by atoms with van der Waals surface area (Å²) in [7, 11) is 0. The highest BCUT2D eigenvalue weighted by atomic mass is 16.6. The van der Waals surface area contributed by atoms with Crippen molar-refractivity contribution in [1.82, 2.24) is 0 Å². The van der Waals surface area contributed by atoms with Crippen LogP contribution in [-0.4, -0.2) is 6.10 Å². The van der Waals surface area contributed by atoms with Crippen LogP contribution in [0.15, 0.2) is 24.3 Å². The zero-order valence-electron chi connectivity index (χ0n) is 7.21. The van der Waals surface area contributed by atoms with E-state index in [1.165, 1.54) is 24.0 Å². The van der Waals surface area contributed by atoms with Gasteiger partial charge in [-0.25, -0.2) is 0 Å². The minimum absolute atomic E-state index is 0.0782. The molecule has 0 aromatic heterocycles. The molecule has 62 valence electrons. The second-order valence-corrected chi connectivity index (χ2v) is 3.91. The molecule has 0 N–H and O–H groups in total. The summed E-state index contributed by atoms with van der Waals surface area (Å²) in [5.41, 5.74) is 2.98. The van der Waals surface area contributed by atoms with Crippen LogP contribution in [0.4, 0.5) is 0 Å². The molecule has 1 aromatic rings. The van der Waals surface area contributed by atoms with Crippen LogP contribution < -0.4 is 0 Å². The average Bonchev–Trinajstić information content (AvgIpc) is 2.78. The molecule has 2 aliphatic rings. The first kappa shape index (κ1) is 6.67. The van der Waals surface area contributed by atoms with Gasteiger partial charge in [0.15, 0.2) is 0 Å². The van der Waals surface area contributed by atoms with Crippen LogP contribution in [-0.2, 0) is 16.8 Å². The Morgan fingerprint density at radius 2 is 2.25 bits per heavy atom. The van der Waals surface area contributed by atoms with E-state index < -0.39 is 0 Å². The molecule has 0 radical (unpaired) electrons. The van der Waals surface area contributed by atoms with E-state index in [0.717, 1.165) is 0 Å². The van der Waals surface area contributed by atoms with Gasteiger partial charge in [-0.2, -0.15) is 0 Å². The smallest absolute Gasteiger partial charge is 0.117 e. The fourth-order valence-corrected chi connectivity index (χ4v) is 2.34. The van der Waals surface area contributed by atoms with Crippen LogP contribution in [0.1, 0.15) is 24.5 Å². The lowest BCUT2D eigenvalue weighted by Crippen LogP contribution is -2.16. The summed E-state index contributed by atoms with van der Waals surface area (Å²) in [5.74, 6) is 0. The lowest BCUT2D eigenvalue weighted by molar-refractivity contribution is 0.314. The summed E-state index contributed by atoms with van der Waals surface area (Å²) in [6, 6.07) is 8.64. The van der Waals surface area contributed by atoms with Gasteiger partial charge in [0, 0.05) is 0 Å². The Morgan fingerprint density at radius 3 is 3.17 bits per heavy atom. The Labute approximate surface area is 72.4 Å². The lowest BCUT2D eigenvalue weighted by Gasteiger charge is -2.17. The summed E-state index contributed by atoms with van der Waals surface area (Å²) in [4.78, 5) is 0. The van der Waals surface area contributed by atoms with Gasteiger partial charge in [0.1, 0.15) is 5.60 Å². The van der Waals surface area contributed by atoms with Gasteiger partial charge in [0.25, 0.3) is 0 Å². The molecule has 0 unspecified atom stereocenters. The highest BCUT2D eigenvalue weighted by Gasteiger charge is 2.55. The maximum Gasteiger partial charge on any atom is 0.117 e. The molecule has 1 fully saturated rings. The van der Waals surface area contributed by atoms with E-state index in [1.54, 1.807) is 0 Å². The summed E-state index contributed by atoms with van der Waals surface area (Å²) in [6.45, 7) is 2.20. The first-order valence-corrected chi connectivity index (χ1v) is 4.57. The van der Waals surface area contributed by atoms with Crippen LogP contribution in [0.5, 0.6) is 0 Å².